The lowest BCUT2D eigenvalue weighted by Gasteiger charge is -1.90. The van der Waals surface area contributed by atoms with E-state index in [2.05, 4.69) is 0 Å². The quantitative estimate of drug-likeness (QED) is 0.536. The zero-order chi connectivity index (χ0) is 13.3. The van der Waals surface area contributed by atoms with Gasteiger partial charge >= 0.3 is 17.2 Å². The van der Waals surface area contributed by atoms with Gasteiger partial charge < -0.3 is 10.1 Å². The van der Waals surface area contributed by atoms with E-state index in [1.54, 1.807) is 0 Å². The molecule has 0 spiro atoms. The fraction of sp³-hybridized carbons (Fsp3) is 0. The molecule has 1 rings (SSSR count). The minimum Gasteiger partial charge on any atom is -0.358 e. The van der Waals surface area contributed by atoms with E-state index in [-0.39, 0.29) is 10.9 Å². The Bertz CT molecular complexity index is 498. The van der Waals surface area contributed by atoms with Crippen LogP contribution in [0.15, 0.2) is 6.20 Å². The van der Waals surface area contributed by atoms with Gasteiger partial charge in [0.2, 0.25) is 0 Å². The number of nitrogens with zero attached hydrogens (tertiary/aromatic N) is 5. The maximum Gasteiger partial charge on any atom is 0.474 e. The lowest BCUT2D eigenvalue weighted by Crippen LogP contribution is -2.10. The van der Waals surface area contributed by atoms with Crippen molar-refractivity contribution in [2.24, 2.45) is 0 Å². The maximum atomic E-state index is 10.4. The molecule has 0 saturated carbocycles. The topological polar surface area (TPSA) is 177 Å². The van der Waals surface area contributed by atoms with Crippen LogP contribution in [-0.4, -0.2) is 24.5 Å². The summed E-state index contributed by atoms with van der Waals surface area (Å²) in [5.74, 6) is -1.58. The molecule has 0 aromatic carbocycles. The van der Waals surface area contributed by atoms with Gasteiger partial charge in [-0.2, -0.15) is 0 Å². The Morgan fingerprint density at radius 1 is 0.882 bits per heavy atom. The summed E-state index contributed by atoms with van der Waals surface area (Å²) in [4.78, 5) is 37.5. The second-order valence-electron chi connectivity index (χ2n) is 2.54. The third-order valence-corrected chi connectivity index (χ3v) is 1.64. The van der Waals surface area contributed by atoms with Crippen molar-refractivity contribution in [2.45, 2.75) is 0 Å². The Morgan fingerprint density at radius 3 is 1.71 bits per heavy atom. The molecule has 0 aliphatic rings. The molecule has 0 N–H and O–H groups in total. The lowest BCUT2D eigenvalue weighted by molar-refractivity contribution is -0.561. The largest absolute Gasteiger partial charge is 0.474 e. The summed E-state index contributed by atoms with van der Waals surface area (Å²) in [7, 11) is 0. The predicted octanol–water partition coefficient (Wildman–Crippen LogP) is 0.252. The third kappa shape index (κ3) is 1.83. The molecule has 1 aromatic rings. The maximum absolute atomic E-state index is 10.4. The fourth-order valence-corrected chi connectivity index (χ4v) is 1.06. The first-order chi connectivity index (χ1) is 7.77. The summed E-state index contributed by atoms with van der Waals surface area (Å²) in [6.45, 7) is 0. The van der Waals surface area contributed by atoms with Gasteiger partial charge in [0.15, 0.2) is 0 Å². The Kier molecular flexibility index (Phi) is 2.67. The van der Waals surface area contributed by atoms with Crippen molar-refractivity contribution < 1.29 is 19.8 Å². The third-order valence-electron chi connectivity index (χ3n) is 1.64. The van der Waals surface area contributed by atoms with Gasteiger partial charge in [-0.05, 0) is 4.92 Å². The summed E-state index contributed by atoms with van der Waals surface area (Å²) in [5.41, 5.74) is -2.85. The molecule has 17 heavy (non-hydrogen) atoms. The van der Waals surface area contributed by atoms with E-state index in [0.29, 0.717) is 0 Å². The minimum absolute atomic E-state index is 0.107. The van der Waals surface area contributed by atoms with E-state index in [9.17, 15) is 40.5 Å². The molecule has 0 atom stereocenters. The number of hydrogen-bond donors (Lipinski definition) is 0. The zero-order valence-corrected chi connectivity index (χ0v) is 7.58. The van der Waals surface area contributed by atoms with Crippen LogP contribution in [0.1, 0.15) is 0 Å². The van der Waals surface area contributed by atoms with Gasteiger partial charge in [-0.1, -0.05) is 0 Å². The zero-order valence-electron chi connectivity index (χ0n) is 7.58. The summed E-state index contributed by atoms with van der Waals surface area (Å²) >= 11 is 0. The molecule has 0 amide bonds. The molecule has 13 nitrogen and oxygen atoms in total. The molecule has 0 aliphatic heterocycles. The van der Waals surface area contributed by atoms with E-state index in [4.69, 9.17) is 0 Å². The van der Waals surface area contributed by atoms with Crippen LogP contribution in [-0.2, 0) is 0 Å². The highest BCUT2D eigenvalue weighted by Gasteiger charge is 2.47. The van der Waals surface area contributed by atoms with Crippen molar-refractivity contribution >= 4 is 17.2 Å². The number of rotatable bonds is 4. The highest BCUT2D eigenvalue weighted by atomic mass is 16.7. The molecule has 0 bridgehead atoms. The summed E-state index contributed by atoms with van der Waals surface area (Å²) in [6, 6.07) is 0. The highest BCUT2D eigenvalue weighted by Crippen LogP contribution is 2.37. The van der Waals surface area contributed by atoms with Gasteiger partial charge in [0, 0.05) is 0 Å². The minimum atomic E-state index is -1.58. The molecule has 90 valence electrons. The van der Waals surface area contributed by atoms with E-state index in [1.807, 2.05) is 0 Å². The van der Waals surface area contributed by atoms with Crippen LogP contribution in [0.25, 0.3) is 0 Å². The normalized spacial score (nSPS) is 9.88. The second kappa shape index (κ2) is 3.80. The average molecular weight is 247 g/mol. The Balaban J connectivity index is 3.73. The van der Waals surface area contributed by atoms with Crippen molar-refractivity contribution in [3.8, 4) is 0 Å². The fourth-order valence-electron chi connectivity index (χ4n) is 1.06. The van der Waals surface area contributed by atoms with Crippen molar-refractivity contribution in [2.75, 3.05) is 0 Å². The summed E-state index contributed by atoms with van der Waals surface area (Å²) in [5, 5.41) is 40.2. The first-order valence-electron chi connectivity index (χ1n) is 3.60. The molecule has 1 heterocycles. The van der Waals surface area contributed by atoms with Crippen LogP contribution in [0.3, 0.4) is 0 Å². The van der Waals surface area contributed by atoms with Crippen molar-refractivity contribution in [1.82, 2.24) is 4.68 Å². The molecule has 0 aliphatic carbocycles. The first-order valence-corrected chi connectivity index (χ1v) is 3.60. The lowest BCUT2D eigenvalue weighted by atomic mass is 10.4. The molecule has 1 aromatic heterocycles. The Hall–Kier alpha value is -3.12. The van der Waals surface area contributed by atoms with Gasteiger partial charge in [-0.15, -0.1) is 0 Å². The van der Waals surface area contributed by atoms with Gasteiger partial charge in [0.05, 0.1) is 14.5 Å². The van der Waals surface area contributed by atoms with Gasteiger partial charge in [0.25, 0.3) is 11.2 Å². The number of hydrogen-bond acceptors (Lipinski definition) is 8. The van der Waals surface area contributed by atoms with Crippen molar-refractivity contribution in [1.29, 1.82) is 0 Å². The van der Waals surface area contributed by atoms with Crippen LogP contribution < -0.4 is 0 Å². The van der Waals surface area contributed by atoms with Gasteiger partial charge in [0.1, 0.15) is 0 Å². The molecular weight excluding hydrogens is 246 g/mol. The predicted molar refractivity (Wildman–Crippen MR) is 46.8 cm³/mol. The SMILES string of the molecule is O=[N+]([O-])c1cn([N+](=O)[O-])c([N+](=O)[O-])c1[N+](=O)[O-]. The van der Waals surface area contributed by atoms with Crippen molar-refractivity contribution in [3.63, 3.8) is 0 Å². The average Bonchev–Trinajstić information content (AvgIpc) is 2.56. The van der Waals surface area contributed by atoms with Crippen LogP contribution >= 0.6 is 0 Å². The van der Waals surface area contributed by atoms with E-state index >= 15 is 0 Å². The van der Waals surface area contributed by atoms with Crippen LogP contribution in [0.4, 0.5) is 17.2 Å². The molecule has 0 unspecified atom stereocenters. The number of nitro groups is 4. The van der Waals surface area contributed by atoms with Gasteiger partial charge in [-0.3, -0.25) is 20.2 Å². The summed E-state index contributed by atoms with van der Waals surface area (Å²) in [6.07, 6.45) is 0.107. The van der Waals surface area contributed by atoms with Gasteiger partial charge in [-0.25, -0.2) is 10.1 Å². The summed E-state index contributed by atoms with van der Waals surface area (Å²) < 4.78 is -0.379. The highest BCUT2D eigenvalue weighted by molar-refractivity contribution is 5.63. The van der Waals surface area contributed by atoms with Crippen LogP contribution in [0, 0.1) is 40.5 Å². The van der Waals surface area contributed by atoms with Crippen LogP contribution in [0.2, 0.25) is 0 Å². The van der Waals surface area contributed by atoms with E-state index < -0.39 is 37.0 Å². The van der Waals surface area contributed by atoms with E-state index in [0.717, 1.165) is 0 Å². The standard InChI is InChI=1S/C4HN5O8/c10-6(11)2-1-5(9(16)17)4(8(14)15)3(2)7(12)13/h1H. The second-order valence-corrected chi connectivity index (χ2v) is 2.54. The molecule has 0 saturated heterocycles. The Morgan fingerprint density at radius 2 is 1.41 bits per heavy atom. The monoisotopic (exact) mass is 247 g/mol. The first kappa shape index (κ1) is 12.0. The Labute approximate surface area is 89.4 Å². The van der Waals surface area contributed by atoms with E-state index in [1.165, 1.54) is 0 Å². The van der Waals surface area contributed by atoms with Crippen LogP contribution in [0.5, 0.6) is 0 Å². The molecular formula is C4HN5O8. The molecule has 13 heteroatoms. The number of aromatic nitrogens is 1. The molecule has 0 radical (unpaired) electrons. The molecule has 0 fully saturated rings. The van der Waals surface area contributed by atoms with Crippen molar-refractivity contribution in [3.05, 3.63) is 46.7 Å². The smallest absolute Gasteiger partial charge is 0.358 e.